The Balaban J connectivity index is 2.20. The number of aromatic nitrogens is 1. The van der Waals surface area contributed by atoms with Gasteiger partial charge in [-0.3, -0.25) is 4.79 Å². The third-order valence-electron chi connectivity index (χ3n) is 2.39. The number of aromatic amines is 1. The highest BCUT2D eigenvalue weighted by atomic mass is 79.9. The van der Waals surface area contributed by atoms with E-state index in [1.165, 1.54) is 0 Å². The molecule has 1 aromatic carbocycles. The van der Waals surface area contributed by atoms with Crippen molar-refractivity contribution in [3.8, 4) is 0 Å². The highest BCUT2D eigenvalue weighted by Crippen LogP contribution is 2.27. The van der Waals surface area contributed by atoms with Crippen molar-refractivity contribution in [3.63, 3.8) is 0 Å². The number of benzene rings is 1. The molecule has 0 aliphatic heterocycles. The molecule has 1 aromatic heterocycles. The number of H-pyrrole nitrogens is 1. The van der Waals surface area contributed by atoms with E-state index in [1.807, 2.05) is 0 Å². The second kappa shape index (κ2) is 5.81. The number of nitrogens with two attached hydrogens (primary N) is 1. The van der Waals surface area contributed by atoms with Gasteiger partial charge in [-0.15, -0.1) is 0 Å². The highest BCUT2D eigenvalue weighted by Gasteiger charge is 2.12. The van der Waals surface area contributed by atoms with Crippen molar-refractivity contribution in [1.82, 2.24) is 4.98 Å². The topological polar surface area (TPSA) is 70.9 Å². The van der Waals surface area contributed by atoms with Crippen molar-refractivity contribution in [2.45, 2.75) is 6.54 Å². The number of halogens is 2. The van der Waals surface area contributed by atoms with Gasteiger partial charge in [0.15, 0.2) is 5.82 Å². The summed E-state index contributed by atoms with van der Waals surface area (Å²) in [4.78, 5) is 13.6. The Morgan fingerprint density at radius 3 is 2.89 bits per heavy atom. The molecule has 0 fully saturated rings. The van der Waals surface area contributed by atoms with Crippen molar-refractivity contribution < 1.29 is 4.39 Å². The van der Waals surface area contributed by atoms with Crippen LogP contribution in [0.4, 0.5) is 10.1 Å². The number of thiocarbonyl (C=S) groups is 1. The predicted molar refractivity (Wildman–Crippen MR) is 82.3 cm³/mol. The fraction of sp³-hybridized carbons (Fsp3) is 0.0909. The van der Waals surface area contributed by atoms with Gasteiger partial charge >= 0.3 is 4.87 Å². The van der Waals surface area contributed by atoms with Gasteiger partial charge in [0.05, 0.1) is 16.7 Å². The van der Waals surface area contributed by atoms with Gasteiger partial charge in [-0.25, -0.2) is 4.39 Å². The Kier molecular flexibility index (Phi) is 4.33. The van der Waals surface area contributed by atoms with E-state index in [0.717, 1.165) is 11.3 Å². The van der Waals surface area contributed by atoms with Crippen LogP contribution in [0.25, 0.3) is 0 Å². The van der Waals surface area contributed by atoms with Gasteiger partial charge in [-0.1, -0.05) is 23.6 Å². The zero-order valence-corrected chi connectivity index (χ0v) is 12.7. The Hall–Kier alpha value is -1.25. The molecule has 4 N–H and O–H groups in total. The standard InChI is InChI=1S/C11H9BrFN3OS2/c12-8-6(10(14)18)1-2-7(9(8)13)15-3-5-4-19-11(17)16-5/h1-2,4,15H,3H2,(H2,14,18)(H,16,17). The van der Waals surface area contributed by atoms with E-state index in [4.69, 9.17) is 18.0 Å². The largest absolute Gasteiger partial charge is 0.389 e. The molecule has 0 bridgehead atoms. The van der Waals surface area contributed by atoms with E-state index >= 15 is 0 Å². The second-order valence-electron chi connectivity index (χ2n) is 3.68. The summed E-state index contributed by atoms with van der Waals surface area (Å²) in [6, 6.07) is 3.19. The summed E-state index contributed by atoms with van der Waals surface area (Å²) < 4.78 is 14.3. The molecule has 4 nitrogen and oxygen atoms in total. The minimum atomic E-state index is -0.470. The first-order valence-electron chi connectivity index (χ1n) is 5.17. The van der Waals surface area contributed by atoms with Crippen LogP contribution in [0.1, 0.15) is 11.3 Å². The molecule has 0 saturated heterocycles. The molecule has 2 rings (SSSR count). The Labute approximate surface area is 126 Å². The molecule has 8 heteroatoms. The monoisotopic (exact) mass is 361 g/mol. The molecule has 0 spiro atoms. The first kappa shape index (κ1) is 14.2. The van der Waals surface area contributed by atoms with Gasteiger partial charge in [0.2, 0.25) is 0 Å². The Morgan fingerprint density at radius 2 is 2.32 bits per heavy atom. The quantitative estimate of drug-likeness (QED) is 0.732. The van der Waals surface area contributed by atoms with Crippen LogP contribution < -0.4 is 15.9 Å². The van der Waals surface area contributed by atoms with Crippen molar-refractivity contribution in [2.75, 3.05) is 5.32 Å². The summed E-state index contributed by atoms with van der Waals surface area (Å²) in [6.07, 6.45) is 0. The maximum atomic E-state index is 14.0. The lowest BCUT2D eigenvalue weighted by atomic mass is 10.2. The number of thiazole rings is 1. The summed E-state index contributed by atoms with van der Waals surface area (Å²) in [6.45, 7) is 0.328. The zero-order valence-electron chi connectivity index (χ0n) is 9.50. The lowest BCUT2D eigenvalue weighted by Gasteiger charge is -2.10. The molecule has 0 amide bonds. The lowest BCUT2D eigenvalue weighted by Crippen LogP contribution is -2.12. The van der Waals surface area contributed by atoms with Crippen molar-refractivity contribution in [1.29, 1.82) is 0 Å². The summed E-state index contributed by atoms with van der Waals surface area (Å²) in [5, 5.41) is 4.58. The lowest BCUT2D eigenvalue weighted by molar-refractivity contribution is 0.623. The molecule has 2 aromatic rings. The molecule has 0 aliphatic carbocycles. The maximum absolute atomic E-state index is 14.0. The zero-order chi connectivity index (χ0) is 14.0. The molecule has 1 heterocycles. The number of nitrogens with one attached hydrogen (secondary N) is 2. The number of anilines is 1. The molecular formula is C11H9BrFN3OS2. The summed E-state index contributed by atoms with van der Waals surface area (Å²) in [5.41, 5.74) is 6.93. The van der Waals surface area contributed by atoms with E-state index < -0.39 is 5.82 Å². The third kappa shape index (κ3) is 3.20. The molecular weight excluding hydrogens is 353 g/mol. The second-order valence-corrected chi connectivity index (χ2v) is 5.75. The fourth-order valence-corrected chi connectivity index (χ4v) is 2.91. The average Bonchev–Trinajstić information content (AvgIpc) is 2.76. The van der Waals surface area contributed by atoms with Crippen LogP contribution in [0.15, 0.2) is 26.8 Å². The van der Waals surface area contributed by atoms with Crippen LogP contribution in [0.3, 0.4) is 0 Å². The van der Waals surface area contributed by atoms with Crippen molar-refractivity contribution >= 4 is 50.2 Å². The van der Waals surface area contributed by atoms with Gasteiger partial charge in [0.25, 0.3) is 0 Å². The summed E-state index contributed by atoms with van der Waals surface area (Å²) >= 11 is 9.01. The first-order valence-corrected chi connectivity index (χ1v) is 7.25. The van der Waals surface area contributed by atoms with Crippen LogP contribution in [0, 0.1) is 5.82 Å². The van der Waals surface area contributed by atoms with Crippen LogP contribution in [-0.4, -0.2) is 9.97 Å². The molecule has 19 heavy (non-hydrogen) atoms. The third-order valence-corrected chi connectivity index (χ3v) is 4.10. The van der Waals surface area contributed by atoms with Gasteiger partial charge in [-0.05, 0) is 28.1 Å². The SMILES string of the molecule is NC(=S)c1ccc(NCc2csc(=O)[nH]2)c(F)c1Br. The Morgan fingerprint density at radius 1 is 1.58 bits per heavy atom. The molecule has 0 unspecified atom stereocenters. The molecule has 0 saturated carbocycles. The normalized spacial score (nSPS) is 10.4. The van der Waals surface area contributed by atoms with E-state index in [-0.39, 0.29) is 14.3 Å². The molecule has 0 aliphatic rings. The van der Waals surface area contributed by atoms with Crippen LogP contribution in [0.5, 0.6) is 0 Å². The first-order chi connectivity index (χ1) is 8.99. The average molecular weight is 362 g/mol. The highest BCUT2D eigenvalue weighted by molar-refractivity contribution is 9.10. The van der Waals surface area contributed by atoms with Gasteiger partial charge in [-0.2, -0.15) is 0 Å². The number of hydrogen-bond donors (Lipinski definition) is 3. The van der Waals surface area contributed by atoms with Gasteiger partial charge in [0, 0.05) is 16.6 Å². The molecule has 0 radical (unpaired) electrons. The fourth-order valence-electron chi connectivity index (χ4n) is 1.47. The number of hydrogen-bond acceptors (Lipinski definition) is 4. The van der Waals surface area contributed by atoms with E-state index in [1.54, 1.807) is 17.5 Å². The van der Waals surface area contributed by atoms with Crippen LogP contribution >= 0.6 is 39.5 Å². The molecule has 100 valence electrons. The van der Waals surface area contributed by atoms with E-state index in [0.29, 0.717) is 23.5 Å². The van der Waals surface area contributed by atoms with Gasteiger partial charge < -0.3 is 16.0 Å². The molecule has 0 atom stereocenters. The Bertz CT molecular complexity index is 683. The minimum absolute atomic E-state index is 0.125. The van der Waals surface area contributed by atoms with Crippen LogP contribution in [-0.2, 0) is 6.54 Å². The van der Waals surface area contributed by atoms with Gasteiger partial charge in [0.1, 0.15) is 4.99 Å². The van der Waals surface area contributed by atoms with E-state index in [9.17, 15) is 9.18 Å². The van der Waals surface area contributed by atoms with Crippen molar-refractivity contribution in [3.05, 3.63) is 48.7 Å². The van der Waals surface area contributed by atoms with Crippen LogP contribution in [0.2, 0.25) is 0 Å². The van der Waals surface area contributed by atoms with E-state index in [2.05, 4.69) is 26.2 Å². The summed E-state index contributed by atoms with van der Waals surface area (Å²) in [5.74, 6) is -0.470. The number of rotatable bonds is 4. The summed E-state index contributed by atoms with van der Waals surface area (Å²) in [7, 11) is 0. The smallest absolute Gasteiger partial charge is 0.304 e. The minimum Gasteiger partial charge on any atom is -0.389 e. The maximum Gasteiger partial charge on any atom is 0.304 e. The van der Waals surface area contributed by atoms with Crippen molar-refractivity contribution in [2.24, 2.45) is 5.73 Å². The predicted octanol–water partition coefficient (Wildman–Crippen LogP) is 2.58.